The number of amides is 2. The second-order valence-electron chi connectivity index (χ2n) is 4.53. The Kier molecular flexibility index (Phi) is 5.36. The van der Waals surface area contributed by atoms with Crippen molar-refractivity contribution in [1.82, 2.24) is 5.32 Å². The molecule has 0 saturated carbocycles. The summed E-state index contributed by atoms with van der Waals surface area (Å²) in [6, 6.07) is 7.02. The molecule has 0 spiro atoms. The molecule has 0 bridgehead atoms. The van der Waals surface area contributed by atoms with Crippen molar-refractivity contribution in [2.45, 2.75) is 13.3 Å². The summed E-state index contributed by atoms with van der Waals surface area (Å²) in [5, 5.41) is 9.75. The van der Waals surface area contributed by atoms with Crippen LogP contribution in [0.15, 0.2) is 35.0 Å². The molecule has 4 nitrogen and oxygen atoms in total. The van der Waals surface area contributed by atoms with Crippen molar-refractivity contribution in [1.29, 1.82) is 0 Å². The molecule has 0 fully saturated rings. The van der Waals surface area contributed by atoms with Crippen LogP contribution in [-0.4, -0.2) is 18.4 Å². The lowest BCUT2D eigenvalue weighted by molar-refractivity contribution is -0.116. The van der Waals surface area contributed by atoms with Gasteiger partial charge in [0.1, 0.15) is 0 Å². The molecular formula is C15H15ClN2O2S. The molecule has 21 heavy (non-hydrogen) atoms. The molecule has 2 amide bonds. The van der Waals surface area contributed by atoms with Gasteiger partial charge in [0.25, 0.3) is 5.91 Å². The Morgan fingerprint density at radius 2 is 2.10 bits per heavy atom. The van der Waals surface area contributed by atoms with E-state index in [0.717, 1.165) is 11.3 Å². The quantitative estimate of drug-likeness (QED) is 0.885. The minimum absolute atomic E-state index is 0.147. The van der Waals surface area contributed by atoms with Crippen molar-refractivity contribution < 1.29 is 9.59 Å². The lowest BCUT2D eigenvalue weighted by Crippen LogP contribution is -2.27. The summed E-state index contributed by atoms with van der Waals surface area (Å²) in [5.41, 5.74) is 2.25. The van der Waals surface area contributed by atoms with Crippen LogP contribution in [0.3, 0.4) is 0 Å². The molecule has 2 N–H and O–H groups in total. The SMILES string of the molecule is Cc1cc(Cl)ccc1NC(=O)CCNC(=O)c1ccsc1. The molecular weight excluding hydrogens is 308 g/mol. The highest BCUT2D eigenvalue weighted by Crippen LogP contribution is 2.19. The fourth-order valence-corrected chi connectivity index (χ4v) is 2.63. The molecule has 1 heterocycles. The molecule has 0 unspecified atom stereocenters. The van der Waals surface area contributed by atoms with Gasteiger partial charge in [-0.2, -0.15) is 11.3 Å². The zero-order chi connectivity index (χ0) is 15.2. The van der Waals surface area contributed by atoms with E-state index in [0.29, 0.717) is 17.1 Å². The average molecular weight is 323 g/mol. The van der Waals surface area contributed by atoms with E-state index in [4.69, 9.17) is 11.6 Å². The molecule has 0 aliphatic rings. The minimum Gasteiger partial charge on any atom is -0.351 e. The normalized spacial score (nSPS) is 10.2. The van der Waals surface area contributed by atoms with Gasteiger partial charge in [0.15, 0.2) is 0 Å². The van der Waals surface area contributed by atoms with E-state index in [2.05, 4.69) is 10.6 Å². The Balaban J connectivity index is 1.78. The van der Waals surface area contributed by atoms with Crippen LogP contribution in [-0.2, 0) is 4.79 Å². The topological polar surface area (TPSA) is 58.2 Å². The van der Waals surface area contributed by atoms with Gasteiger partial charge in [0, 0.05) is 34.6 Å². The molecule has 110 valence electrons. The zero-order valence-corrected chi connectivity index (χ0v) is 13.1. The van der Waals surface area contributed by atoms with Crippen LogP contribution in [0.25, 0.3) is 0 Å². The standard InChI is InChI=1S/C15H15ClN2O2S/c1-10-8-12(16)2-3-13(10)18-14(19)4-6-17-15(20)11-5-7-21-9-11/h2-3,5,7-9H,4,6H2,1H3,(H,17,20)(H,18,19). The van der Waals surface area contributed by atoms with E-state index in [-0.39, 0.29) is 18.2 Å². The molecule has 0 radical (unpaired) electrons. The molecule has 0 aliphatic heterocycles. The smallest absolute Gasteiger partial charge is 0.252 e. The predicted molar refractivity (Wildman–Crippen MR) is 86.1 cm³/mol. The van der Waals surface area contributed by atoms with E-state index >= 15 is 0 Å². The van der Waals surface area contributed by atoms with Crippen LogP contribution < -0.4 is 10.6 Å². The van der Waals surface area contributed by atoms with Gasteiger partial charge in [0.2, 0.25) is 5.91 Å². The number of carbonyl (C=O) groups excluding carboxylic acids is 2. The molecule has 0 aliphatic carbocycles. The first-order valence-electron chi connectivity index (χ1n) is 6.42. The number of halogens is 1. The predicted octanol–water partition coefficient (Wildman–Crippen LogP) is 3.47. The number of anilines is 1. The summed E-state index contributed by atoms with van der Waals surface area (Å²) in [4.78, 5) is 23.5. The third kappa shape index (κ3) is 4.58. The van der Waals surface area contributed by atoms with Gasteiger partial charge in [-0.1, -0.05) is 11.6 Å². The Labute approximate surface area is 132 Å². The van der Waals surface area contributed by atoms with Gasteiger partial charge in [-0.25, -0.2) is 0 Å². The summed E-state index contributed by atoms with van der Waals surface area (Å²) in [5.74, 6) is -0.308. The zero-order valence-electron chi connectivity index (χ0n) is 11.5. The number of thiophene rings is 1. The number of rotatable bonds is 5. The summed E-state index contributed by atoms with van der Waals surface area (Å²) in [6.45, 7) is 2.17. The van der Waals surface area contributed by atoms with Crippen LogP contribution in [0.4, 0.5) is 5.69 Å². The largest absolute Gasteiger partial charge is 0.351 e. The second kappa shape index (κ2) is 7.24. The number of aryl methyl sites for hydroxylation is 1. The Bertz CT molecular complexity index is 641. The molecule has 1 aromatic heterocycles. The van der Waals surface area contributed by atoms with Crippen LogP contribution in [0, 0.1) is 6.92 Å². The summed E-state index contributed by atoms with van der Waals surface area (Å²) >= 11 is 7.32. The maximum atomic E-state index is 11.8. The molecule has 0 saturated heterocycles. The van der Waals surface area contributed by atoms with Crippen molar-refractivity contribution in [2.75, 3.05) is 11.9 Å². The summed E-state index contributed by atoms with van der Waals surface area (Å²) in [6.07, 6.45) is 0.220. The van der Waals surface area contributed by atoms with E-state index in [9.17, 15) is 9.59 Å². The van der Waals surface area contributed by atoms with Gasteiger partial charge in [-0.3, -0.25) is 9.59 Å². The first kappa shape index (κ1) is 15.5. The van der Waals surface area contributed by atoms with Crippen LogP contribution in [0.5, 0.6) is 0 Å². The van der Waals surface area contributed by atoms with Gasteiger partial charge in [0.05, 0.1) is 0 Å². The Morgan fingerprint density at radius 1 is 1.29 bits per heavy atom. The molecule has 2 aromatic rings. The number of hydrogen-bond donors (Lipinski definition) is 2. The summed E-state index contributed by atoms with van der Waals surface area (Å²) in [7, 11) is 0. The lowest BCUT2D eigenvalue weighted by Gasteiger charge is -2.09. The third-order valence-electron chi connectivity index (χ3n) is 2.88. The fraction of sp³-hybridized carbons (Fsp3) is 0.200. The van der Waals surface area contributed by atoms with Crippen molar-refractivity contribution in [3.8, 4) is 0 Å². The first-order chi connectivity index (χ1) is 10.1. The van der Waals surface area contributed by atoms with Crippen LogP contribution >= 0.6 is 22.9 Å². The lowest BCUT2D eigenvalue weighted by atomic mass is 10.2. The van der Waals surface area contributed by atoms with Gasteiger partial charge >= 0.3 is 0 Å². The summed E-state index contributed by atoms with van der Waals surface area (Å²) < 4.78 is 0. The van der Waals surface area contributed by atoms with Gasteiger partial charge < -0.3 is 10.6 Å². The van der Waals surface area contributed by atoms with Crippen molar-refractivity contribution in [2.24, 2.45) is 0 Å². The van der Waals surface area contributed by atoms with Gasteiger partial charge in [-0.15, -0.1) is 0 Å². The number of benzene rings is 1. The van der Waals surface area contributed by atoms with E-state index in [1.807, 2.05) is 12.3 Å². The minimum atomic E-state index is -0.160. The fourth-order valence-electron chi connectivity index (χ4n) is 1.77. The van der Waals surface area contributed by atoms with Crippen LogP contribution in [0.2, 0.25) is 5.02 Å². The monoisotopic (exact) mass is 322 g/mol. The molecule has 0 atom stereocenters. The van der Waals surface area contributed by atoms with E-state index < -0.39 is 0 Å². The molecule has 6 heteroatoms. The highest BCUT2D eigenvalue weighted by atomic mass is 35.5. The maximum Gasteiger partial charge on any atom is 0.252 e. The number of nitrogens with one attached hydrogen (secondary N) is 2. The average Bonchev–Trinajstić information content (AvgIpc) is 2.96. The van der Waals surface area contributed by atoms with Crippen molar-refractivity contribution in [3.05, 3.63) is 51.2 Å². The van der Waals surface area contributed by atoms with E-state index in [1.165, 1.54) is 11.3 Å². The Hall–Kier alpha value is -1.85. The maximum absolute atomic E-state index is 11.8. The third-order valence-corrected chi connectivity index (χ3v) is 3.80. The van der Waals surface area contributed by atoms with Crippen LogP contribution in [0.1, 0.15) is 22.3 Å². The number of hydrogen-bond acceptors (Lipinski definition) is 3. The Morgan fingerprint density at radius 3 is 2.76 bits per heavy atom. The van der Waals surface area contributed by atoms with Crippen molar-refractivity contribution in [3.63, 3.8) is 0 Å². The highest BCUT2D eigenvalue weighted by molar-refractivity contribution is 7.08. The number of carbonyl (C=O) groups is 2. The first-order valence-corrected chi connectivity index (χ1v) is 7.75. The second-order valence-corrected chi connectivity index (χ2v) is 5.74. The van der Waals surface area contributed by atoms with Gasteiger partial charge in [-0.05, 0) is 42.1 Å². The highest BCUT2D eigenvalue weighted by Gasteiger charge is 2.08. The van der Waals surface area contributed by atoms with E-state index in [1.54, 1.807) is 29.6 Å². The molecule has 1 aromatic carbocycles. The molecule has 2 rings (SSSR count). The van der Waals surface area contributed by atoms with Crippen molar-refractivity contribution >= 4 is 40.4 Å².